The van der Waals surface area contributed by atoms with E-state index in [1.807, 2.05) is 30.3 Å². The number of nitrogens with one attached hydrogen (secondary N) is 2. The smallest absolute Gasteiger partial charge is 0.224 e. The lowest BCUT2D eigenvalue weighted by atomic mass is 10.2. The molecule has 1 amide bonds. The summed E-state index contributed by atoms with van der Waals surface area (Å²) in [5, 5.41) is 6.00. The molecule has 0 atom stereocenters. The van der Waals surface area contributed by atoms with Gasteiger partial charge >= 0.3 is 0 Å². The summed E-state index contributed by atoms with van der Waals surface area (Å²) in [7, 11) is 0. The van der Waals surface area contributed by atoms with Gasteiger partial charge < -0.3 is 10.6 Å². The predicted octanol–water partition coefficient (Wildman–Crippen LogP) is 3.79. The molecule has 0 spiro atoms. The van der Waals surface area contributed by atoms with Crippen LogP contribution in [0.25, 0.3) is 0 Å². The van der Waals surface area contributed by atoms with Gasteiger partial charge in [-0.2, -0.15) is 0 Å². The van der Waals surface area contributed by atoms with E-state index in [0.717, 1.165) is 16.9 Å². The molecule has 0 radical (unpaired) electrons. The molecule has 0 saturated carbocycles. The molecule has 0 aliphatic carbocycles. The van der Waals surface area contributed by atoms with Crippen molar-refractivity contribution in [1.29, 1.82) is 0 Å². The van der Waals surface area contributed by atoms with Crippen LogP contribution in [-0.4, -0.2) is 5.91 Å². The normalized spacial score (nSPS) is 10.1. The molecule has 2 rings (SSSR count). The minimum absolute atomic E-state index is 0.0210. The van der Waals surface area contributed by atoms with Gasteiger partial charge in [-0.1, -0.05) is 25.1 Å². The van der Waals surface area contributed by atoms with Crippen LogP contribution in [0.5, 0.6) is 0 Å². The zero-order chi connectivity index (χ0) is 14.4. The second kappa shape index (κ2) is 6.70. The molecule has 20 heavy (non-hydrogen) atoms. The third-order valence-electron chi connectivity index (χ3n) is 2.85. The highest BCUT2D eigenvalue weighted by Crippen LogP contribution is 2.16. The Balaban J connectivity index is 1.99. The number of halogens is 1. The monoisotopic (exact) mass is 272 g/mol. The number of rotatable bonds is 5. The van der Waals surface area contributed by atoms with Gasteiger partial charge in [-0.05, 0) is 35.9 Å². The van der Waals surface area contributed by atoms with Gasteiger partial charge in [-0.15, -0.1) is 0 Å². The largest absolute Gasteiger partial charge is 0.381 e. The number of carbonyl (C=O) groups is 1. The molecule has 0 unspecified atom stereocenters. The van der Waals surface area contributed by atoms with Crippen molar-refractivity contribution in [2.75, 3.05) is 10.6 Å². The minimum atomic E-state index is -0.242. The summed E-state index contributed by atoms with van der Waals surface area (Å²) in [6, 6.07) is 13.9. The Kier molecular flexibility index (Phi) is 4.71. The summed E-state index contributed by atoms with van der Waals surface area (Å²) in [6.07, 6.45) is 0.445. The van der Waals surface area contributed by atoms with Crippen LogP contribution < -0.4 is 10.6 Å². The Morgan fingerprint density at radius 2 is 1.85 bits per heavy atom. The molecule has 0 aromatic heterocycles. The fourth-order valence-corrected chi connectivity index (χ4v) is 1.81. The Bertz CT molecular complexity index is 599. The Hall–Kier alpha value is -2.36. The van der Waals surface area contributed by atoms with Crippen molar-refractivity contribution in [1.82, 2.24) is 0 Å². The molecule has 0 saturated heterocycles. The average molecular weight is 272 g/mol. The maximum atomic E-state index is 13.1. The molecular formula is C16H17FN2O. The van der Waals surface area contributed by atoms with E-state index in [0.29, 0.717) is 13.0 Å². The topological polar surface area (TPSA) is 41.1 Å². The second-order valence-corrected chi connectivity index (χ2v) is 4.47. The van der Waals surface area contributed by atoms with Gasteiger partial charge in [0.2, 0.25) is 5.91 Å². The van der Waals surface area contributed by atoms with E-state index >= 15 is 0 Å². The molecule has 4 heteroatoms. The summed E-state index contributed by atoms with van der Waals surface area (Å²) < 4.78 is 13.1. The van der Waals surface area contributed by atoms with Crippen molar-refractivity contribution in [3.63, 3.8) is 0 Å². The molecule has 2 N–H and O–H groups in total. The molecule has 0 aliphatic rings. The molecule has 2 aromatic rings. The van der Waals surface area contributed by atoms with E-state index in [4.69, 9.17) is 0 Å². The van der Waals surface area contributed by atoms with Gasteiger partial charge in [0.1, 0.15) is 5.82 Å². The quantitative estimate of drug-likeness (QED) is 0.869. The van der Waals surface area contributed by atoms with Crippen LogP contribution in [0.1, 0.15) is 18.9 Å². The molecule has 0 bridgehead atoms. The standard InChI is InChI=1S/C16H17FN2O/c1-2-16(20)19-15-8-4-7-14(10-15)18-11-12-5-3-6-13(17)9-12/h3-10,18H,2,11H2,1H3,(H,19,20). The zero-order valence-corrected chi connectivity index (χ0v) is 11.3. The van der Waals surface area contributed by atoms with E-state index < -0.39 is 0 Å². The van der Waals surface area contributed by atoms with E-state index in [9.17, 15) is 9.18 Å². The van der Waals surface area contributed by atoms with Crippen LogP contribution in [0, 0.1) is 5.82 Å². The lowest BCUT2D eigenvalue weighted by Crippen LogP contribution is -2.09. The maximum Gasteiger partial charge on any atom is 0.224 e. The van der Waals surface area contributed by atoms with Crippen LogP contribution in [-0.2, 0) is 11.3 Å². The van der Waals surface area contributed by atoms with Crippen molar-refractivity contribution in [3.05, 3.63) is 59.9 Å². The summed E-state index contributed by atoms with van der Waals surface area (Å²) in [4.78, 5) is 11.3. The second-order valence-electron chi connectivity index (χ2n) is 4.47. The molecule has 0 heterocycles. The number of carbonyl (C=O) groups excluding carboxylic acids is 1. The summed E-state index contributed by atoms with van der Waals surface area (Å²) in [5.41, 5.74) is 2.50. The van der Waals surface area contributed by atoms with Gasteiger partial charge in [0.25, 0.3) is 0 Å². The highest BCUT2D eigenvalue weighted by atomic mass is 19.1. The van der Waals surface area contributed by atoms with Gasteiger partial charge in [0.15, 0.2) is 0 Å². The zero-order valence-electron chi connectivity index (χ0n) is 11.3. The first-order valence-corrected chi connectivity index (χ1v) is 6.55. The van der Waals surface area contributed by atoms with Crippen molar-refractivity contribution in [3.8, 4) is 0 Å². The number of anilines is 2. The molecule has 104 valence electrons. The highest BCUT2D eigenvalue weighted by Gasteiger charge is 2.00. The van der Waals surface area contributed by atoms with Crippen LogP contribution in [0.2, 0.25) is 0 Å². The molecule has 3 nitrogen and oxygen atoms in total. The highest BCUT2D eigenvalue weighted by molar-refractivity contribution is 5.90. The van der Waals surface area contributed by atoms with Crippen LogP contribution in [0.3, 0.4) is 0 Å². The van der Waals surface area contributed by atoms with Crippen LogP contribution in [0.15, 0.2) is 48.5 Å². The van der Waals surface area contributed by atoms with E-state index in [1.165, 1.54) is 12.1 Å². The number of hydrogen-bond donors (Lipinski definition) is 2. The maximum absolute atomic E-state index is 13.1. The van der Waals surface area contributed by atoms with Crippen LogP contribution >= 0.6 is 0 Å². The molecule has 0 aliphatic heterocycles. The van der Waals surface area contributed by atoms with Crippen molar-refractivity contribution >= 4 is 17.3 Å². The third kappa shape index (κ3) is 4.09. The SMILES string of the molecule is CCC(=O)Nc1cccc(NCc2cccc(F)c2)c1. The van der Waals surface area contributed by atoms with Crippen molar-refractivity contribution in [2.24, 2.45) is 0 Å². The molecule has 0 fully saturated rings. The average Bonchev–Trinajstić information content (AvgIpc) is 2.45. The Labute approximate surface area is 117 Å². The first-order chi connectivity index (χ1) is 9.67. The van der Waals surface area contributed by atoms with Gasteiger partial charge in [0, 0.05) is 24.3 Å². The van der Waals surface area contributed by atoms with E-state index in [2.05, 4.69) is 10.6 Å². The fourth-order valence-electron chi connectivity index (χ4n) is 1.81. The van der Waals surface area contributed by atoms with Crippen molar-refractivity contribution < 1.29 is 9.18 Å². The van der Waals surface area contributed by atoms with Crippen LogP contribution in [0.4, 0.5) is 15.8 Å². The summed E-state index contributed by atoms with van der Waals surface area (Å²) in [6.45, 7) is 2.34. The fraction of sp³-hybridized carbons (Fsp3) is 0.188. The van der Waals surface area contributed by atoms with Gasteiger partial charge in [-0.25, -0.2) is 4.39 Å². The Morgan fingerprint density at radius 1 is 1.10 bits per heavy atom. The minimum Gasteiger partial charge on any atom is -0.381 e. The first kappa shape index (κ1) is 14.1. The number of benzene rings is 2. The number of hydrogen-bond acceptors (Lipinski definition) is 2. The van der Waals surface area contributed by atoms with E-state index in [1.54, 1.807) is 13.0 Å². The third-order valence-corrected chi connectivity index (χ3v) is 2.85. The molecular weight excluding hydrogens is 255 g/mol. The van der Waals surface area contributed by atoms with Gasteiger partial charge in [-0.3, -0.25) is 4.79 Å². The number of amides is 1. The first-order valence-electron chi connectivity index (χ1n) is 6.55. The lowest BCUT2D eigenvalue weighted by Gasteiger charge is -2.09. The van der Waals surface area contributed by atoms with E-state index in [-0.39, 0.29) is 11.7 Å². The Morgan fingerprint density at radius 3 is 2.60 bits per heavy atom. The van der Waals surface area contributed by atoms with Gasteiger partial charge in [0.05, 0.1) is 0 Å². The summed E-state index contributed by atoms with van der Waals surface area (Å²) >= 11 is 0. The lowest BCUT2D eigenvalue weighted by molar-refractivity contribution is -0.115. The van der Waals surface area contributed by atoms with Crippen molar-refractivity contribution in [2.45, 2.75) is 19.9 Å². The molecule has 2 aromatic carbocycles. The summed E-state index contributed by atoms with van der Waals surface area (Å²) in [5.74, 6) is -0.263. The predicted molar refractivity (Wildman–Crippen MR) is 79.1 cm³/mol.